The van der Waals surface area contributed by atoms with E-state index in [2.05, 4.69) is 25.2 Å². The molecule has 3 aromatic rings. The first-order valence-corrected chi connectivity index (χ1v) is 11.2. The van der Waals surface area contributed by atoms with Crippen molar-refractivity contribution in [3.05, 3.63) is 53.0 Å². The summed E-state index contributed by atoms with van der Waals surface area (Å²) in [5.41, 5.74) is 0.298. The van der Waals surface area contributed by atoms with Crippen LogP contribution in [0.5, 0.6) is 0 Å². The zero-order valence-electron chi connectivity index (χ0n) is 17.7. The van der Waals surface area contributed by atoms with Crippen molar-refractivity contribution in [3.63, 3.8) is 0 Å². The lowest BCUT2D eigenvalue weighted by atomic mass is 9.82. The van der Waals surface area contributed by atoms with Crippen LogP contribution in [-0.4, -0.2) is 46.2 Å². The largest absolute Gasteiger partial charge is 0.522 e. The molecular formula is C22H20ClF3N4O4. The Balaban J connectivity index is 1.12. The van der Waals surface area contributed by atoms with Crippen LogP contribution in [0.15, 0.2) is 34.9 Å². The van der Waals surface area contributed by atoms with Crippen LogP contribution in [0.4, 0.5) is 13.2 Å². The van der Waals surface area contributed by atoms with E-state index in [4.69, 9.17) is 20.8 Å². The maximum Gasteiger partial charge on any atom is 0.522 e. The number of carbonyl (C=O) groups excluding carboxylic acids is 1. The van der Waals surface area contributed by atoms with Gasteiger partial charge in [0.1, 0.15) is 11.8 Å². The van der Waals surface area contributed by atoms with Gasteiger partial charge in [-0.05, 0) is 49.3 Å². The number of nitrogens with zero attached hydrogens (tertiary/aromatic N) is 3. The third kappa shape index (κ3) is 5.16. The number of amides is 1. The molecular weight excluding hydrogens is 477 g/mol. The fourth-order valence-electron chi connectivity index (χ4n) is 4.15. The highest BCUT2D eigenvalue weighted by Crippen LogP contribution is 2.41. The Bertz CT molecular complexity index is 1190. The monoisotopic (exact) mass is 496 g/mol. The molecule has 1 aliphatic heterocycles. The first kappa shape index (κ1) is 23.0. The van der Waals surface area contributed by atoms with Crippen LogP contribution in [0, 0.1) is 0 Å². The van der Waals surface area contributed by atoms with Crippen LogP contribution >= 0.6 is 11.6 Å². The predicted molar refractivity (Wildman–Crippen MR) is 113 cm³/mol. The molecule has 2 atom stereocenters. The first-order valence-electron chi connectivity index (χ1n) is 10.8. The Kier molecular flexibility index (Phi) is 6.17. The van der Waals surface area contributed by atoms with Gasteiger partial charge in [0.25, 0.3) is 5.91 Å². The molecule has 1 aliphatic carbocycles. The van der Waals surface area contributed by atoms with Gasteiger partial charge in [-0.15, -0.1) is 23.4 Å². The molecule has 3 heterocycles. The molecule has 180 valence electrons. The number of carbonyl (C=O) groups is 1. The summed E-state index contributed by atoms with van der Waals surface area (Å²) in [6.45, 7) is 0.252. The molecule has 0 unspecified atom stereocenters. The highest BCUT2D eigenvalue weighted by Gasteiger charge is 2.42. The number of hydrogen-bond donors (Lipinski definition) is 1. The van der Waals surface area contributed by atoms with E-state index >= 15 is 0 Å². The maximum absolute atomic E-state index is 12.6. The quantitative estimate of drug-likeness (QED) is 0.546. The standard InChI is InChI=1S/C22H20ClF3N4O4/c23-14-2-1-11-8-17(27-9-13(11)5-14)19(31)28-15-3-4-18(32-10-15)21-30-29-20(33-21)12-6-16(7-12)34-22(24,25)26/h1-2,5,8-9,12,15-16,18H,3-4,6-7,10H2,(H,28,31)/t12-,15-,16+,18+/m0/s1. The van der Waals surface area contributed by atoms with Gasteiger partial charge in [0.05, 0.1) is 18.8 Å². The van der Waals surface area contributed by atoms with E-state index in [-0.39, 0.29) is 43.2 Å². The van der Waals surface area contributed by atoms with Crippen molar-refractivity contribution in [2.75, 3.05) is 6.61 Å². The molecule has 2 aromatic heterocycles. The summed E-state index contributed by atoms with van der Waals surface area (Å²) in [4.78, 5) is 16.8. The summed E-state index contributed by atoms with van der Waals surface area (Å²) in [5, 5.41) is 13.2. The zero-order chi connectivity index (χ0) is 23.9. The lowest BCUT2D eigenvalue weighted by Crippen LogP contribution is -2.41. The van der Waals surface area contributed by atoms with Gasteiger partial charge >= 0.3 is 6.36 Å². The molecule has 0 bridgehead atoms. The number of rotatable bonds is 5. The molecule has 8 nitrogen and oxygen atoms in total. The number of hydrogen-bond acceptors (Lipinski definition) is 7. The van der Waals surface area contributed by atoms with Crippen molar-refractivity contribution >= 4 is 28.3 Å². The molecule has 2 fully saturated rings. The minimum Gasteiger partial charge on any atom is -0.422 e. The van der Waals surface area contributed by atoms with E-state index in [1.807, 2.05) is 6.07 Å². The van der Waals surface area contributed by atoms with Crippen LogP contribution in [-0.2, 0) is 9.47 Å². The second-order valence-corrected chi connectivity index (χ2v) is 8.90. The SMILES string of the molecule is O=C(N[C@H]1CC[C@H](c2nnc([C@H]3C[C@@H](OC(F)(F)F)C3)o2)OC1)c1cc2ccc(Cl)cc2cn1. The summed E-state index contributed by atoms with van der Waals surface area (Å²) in [6, 6.07) is 6.86. The minimum atomic E-state index is -4.64. The number of aromatic nitrogens is 3. The molecule has 5 rings (SSSR count). The highest BCUT2D eigenvalue weighted by molar-refractivity contribution is 6.31. The van der Waals surface area contributed by atoms with Crippen molar-refractivity contribution in [1.82, 2.24) is 20.5 Å². The lowest BCUT2D eigenvalue weighted by molar-refractivity contribution is -0.352. The number of alkyl halides is 3. The van der Waals surface area contributed by atoms with E-state index in [1.165, 1.54) is 0 Å². The summed E-state index contributed by atoms with van der Waals surface area (Å²) in [6.07, 6.45) is -2.83. The Morgan fingerprint density at radius 1 is 1.12 bits per heavy atom. The molecule has 1 aromatic carbocycles. The normalized spacial score (nSPS) is 25.2. The number of ether oxygens (including phenoxy) is 2. The van der Waals surface area contributed by atoms with Crippen molar-refractivity contribution < 1.29 is 31.9 Å². The summed E-state index contributed by atoms with van der Waals surface area (Å²) < 4.78 is 52.2. The first-order chi connectivity index (χ1) is 16.2. The lowest BCUT2D eigenvalue weighted by Gasteiger charge is -2.33. The summed E-state index contributed by atoms with van der Waals surface area (Å²) >= 11 is 5.98. The molecule has 0 spiro atoms. The Morgan fingerprint density at radius 2 is 1.91 bits per heavy atom. The molecule has 34 heavy (non-hydrogen) atoms. The predicted octanol–water partition coefficient (Wildman–Crippen LogP) is 4.70. The van der Waals surface area contributed by atoms with Crippen LogP contribution in [0.2, 0.25) is 5.02 Å². The van der Waals surface area contributed by atoms with Crippen LogP contribution in [0.1, 0.15) is 60.0 Å². The van der Waals surface area contributed by atoms with E-state index in [0.29, 0.717) is 29.4 Å². The van der Waals surface area contributed by atoms with Crippen LogP contribution < -0.4 is 5.32 Å². The van der Waals surface area contributed by atoms with Gasteiger partial charge in [0.2, 0.25) is 11.8 Å². The summed E-state index contributed by atoms with van der Waals surface area (Å²) in [7, 11) is 0. The molecule has 1 saturated heterocycles. The second kappa shape index (κ2) is 9.12. The Labute approximate surface area is 196 Å². The zero-order valence-corrected chi connectivity index (χ0v) is 18.5. The summed E-state index contributed by atoms with van der Waals surface area (Å²) in [5.74, 6) is 0.0221. The van der Waals surface area contributed by atoms with Gasteiger partial charge < -0.3 is 14.5 Å². The van der Waals surface area contributed by atoms with Gasteiger partial charge in [0.15, 0.2) is 0 Å². The molecule has 12 heteroatoms. The van der Waals surface area contributed by atoms with Gasteiger partial charge in [-0.25, -0.2) is 0 Å². The van der Waals surface area contributed by atoms with Crippen LogP contribution in [0.25, 0.3) is 10.8 Å². The van der Waals surface area contributed by atoms with Crippen LogP contribution in [0.3, 0.4) is 0 Å². The fraction of sp³-hybridized carbons (Fsp3) is 0.455. The second-order valence-electron chi connectivity index (χ2n) is 8.46. The van der Waals surface area contributed by atoms with Gasteiger partial charge in [-0.2, -0.15) is 0 Å². The average Bonchev–Trinajstić information content (AvgIpc) is 3.25. The fourth-order valence-corrected chi connectivity index (χ4v) is 4.33. The topological polar surface area (TPSA) is 99.4 Å². The number of benzene rings is 1. The average molecular weight is 497 g/mol. The number of halogens is 4. The molecule has 0 radical (unpaired) electrons. The maximum atomic E-state index is 12.6. The van der Waals surface area contributed by atoms with Gasteiger partial charge in [-0.1, -0.05) is 17.7 Å². The molecule has 1 amide bonds. The van der Waals surface area contributed by atoms with E-state index in [1.54, 1.807) is 24.4 Å². The Hall–Kier alpha value is -2.76. The third-order valence-electron chi connectivity index (χ3n) is 6.00. The third-order valence-corrected chi connectivity index (χ3v) is 6.24. The van der Waals surface area contributed by atoms with Gasteiger partial charge in [-0.3, -0.25) is 14.5 Å². The van der Waals surface area contributed by atoms with Crippen molar-refractivity contribution in [2.24, 2.45) is 0 Å². The van der Waals surface area contributed by atoms with Gasteiger partial charge in [0, 0.05) is 22.5 Å². The Morgan fingerprint density at radius 3 is 2.65 bits per heavy atom. The molecule has 2 aliphatic rings. The highest BCUT2D eigenvalue weighted by atomic mass is 35.5. The van der Waals surface area contributed by atoms with Crippen molar-refractivity contribution in [2.45, 2.75) is 56.2 Å². The molecule has 1 N–H and O–H groups in total. The molecule has 1 saturated carbocycles. The number of pyridine rings is 1. The smallest absolute Gasteiger partial charge is 0.422 e. The van der Waals surface area contributed by atoms with Crippen molar-refractivity contribution in [3.8, 4) is 0 Å². The number of nitrogens with one attached hydrogen (secondary N) is 1. The van der Waals surface area contributed by atoms with Crippen molar-refractivity contribution in [1.29, 1.82) is 0 Å². The number of fused-ring (bicyclic) bond motifs is 1. The van der Waals surface area contributed by atoms with E-state index < -0.39 is 18.6 Å². The van der Waals surface area contributed by atoms with E-state index in [0.717, 1.165) is 10.8 Å². The minimum absolute atomic E-state index is 0.177. The van der Waals surface area contributed by atoms with E-state index in [9.17, 15) is 18.0 Å².